The molecule has 7 heteroatoms. The van der Waals surface area contributed by atoms with Crippen molar-refractivity contribution in [3.8, 4) is 11.4 Å². The first kappa shape index (κ1) is 18.3. The van der Waals surface area contributed by atoms with Crippen molar-refractivity contribution >= 4 is 11.6 Å². The van der Waals surface area contributed by atoms with E-state index in [1.807, 2.05) is 55.5 Å². The third kappa shape index (κ3) is 5.01. The highest BCUT2D eigenvalue weighted by Gasteiger charge is 2.04. The van der Waals surface area contributed by atoms with Crippen LogP contribution in [-0.2, 0) is 11.2 Å². The number of nitrogens with zero attached hydrogens (tertiary/aromatic N) is 4. The molecule has 3 rings (SSSR count). The molecule has 138 valence electrons. The Morgan fingerprint density at radius 2 is 1.89 bits per heavy atom. The average molecular weight is 363 g/mol. The van der Waals surface area contributed by atoms with E-state index in [0.717, 1.165) is 17.7 Å². The van der Waals surface area contributed by atoms with E-state index in [1.165, 1.54) is 11.9 Å². The van der Waals surface area contributed by atoms with E-state index in [1.54, 1.807) is 11.0 Å². The SMILES string of the molecule is CCc1ccc(OCC(=O)N/N=C(\C)c2ccc(-n3cncn3)cc2)cc1. The van der Waals surface area contributed by atoms with Gasteiger partial charge in [-0.3, -0.25) is 4.79 Å². The van der Waals surface area contributed by atoms with Crippen LogP contribution in [0.15, 0.2) is 66.3 Å². The van der Waals surface area contributed by atoms with Gasteiger partial charge < -0.3 is 4.74 Å². The Morgan fingerprint density at radius 3 is 2.52 bits per heavy atom. The molecular weight excluding hydrogens is 342 g/mol. The molecule has 27 heavy (non-hydrogen) atoms. The number of hydrazone groups is 1. The number of aryl methyl sites for hydroxylation is 1. The fourth-order valence-corrected chi connectivity index (χ4v) is 2.41. The molecule has 1 aromatic heterocycles. The largest absolute Gasteiger partial charge is 0.484 e. The van der Waals surface area contributed by atoms with Crippen molar-refractivity contribution in [1.29, 1.82) is 0 Å². The Morgan fingerprint density at radius 1 is 1.15 bits per heavy atom. The van der Waals surface area contributed by atoms with Gasteiger partial charge in [-0.25, -0.2) is 15.1 Å². The van der Waals surface area contributed by atoms with Crippen LogP contribution in [0, 0.1) is 0 Å². The van der Waals surface area contributed by atoms with E-state index < -0.39 is 0 Å². The monoisotopic (exact) mass is 363 g/mol. The molecule has 2 aromatic carbocycles. The number of nitrogens with one attached hydrogen (secondary N) is 1. The van der Waals surface area contributed by atoms with Crippen molar-refractivity contribution in [1.82, 2.24) is 20.2 Å². The van der Waals surface area contributed by atoms with E-state index in [0.29, 0.717) is 11.5 Å². The smallest absolute Gasteiger partial charge is 0.277 e. The number of ether oxygens (including phenoxy) is 1. The van der Waals surface area contributed by atoms with Crippen molar-refractivity contribution in [3.63, 3.8) is 0 Å². The third-order valence-electron chi connectivity index (χ3n) is 4.02. The molecule has 0 saturated heterocycles. The summed E-state index contributed by atoms with van der Waals surface area (Å²) in [6.07, 6.45) is 4.08. The summed E-state index contributed by atoms with van der Waals surface area (Å²) in [7, 11) is 0. The van der Waals surface area contributed by atoms with Crippen molar-refractivity contribution in [2.45, 2.75) is 20.3 Å². The first-order valence-electron chi connectivity index (χ1n) is 8.66. The van der Waals surface area contributed by atoms with Gasteiger partial charge in [-0.05, 0) is 48.7 Å². The van der Waals surface area contributed by atoms with E-state index in [4.69, 9.17) is 4.74 Å². The molecule has 1 amide bonds. The highest BCUT2D eigenvalue weighted by Crippen LogP contribution is 2.12. The minimum atomic E-state index is -0.312. The summed E-state index contributed by atoms with van der Waals surface area (Å²) >= 11 is 0. The molecule has 1 heterocycles. The van der Waals surface area contributed by atoms with Crippen LogP contribution in [0.4, 0.5) is 0 Å². The summed E-state index contributed by atoms with van der Waals surface area (Å²) < 4.78 is 7.13. The zero-order chi connectivity index (χ0) is 19.1. The molecule has 0 aliphatic heterocycles. The molecule has 1 N–H and O–H groups in total. The predicted octanol–water partition coefficient (Wildman–Crippen LogP) is 2.75. The van der Waals surface area contributed by atoms with E-state index in [-0.39, 0.29) is 12.5 Å². The van der Waals surface area contributed by atoms with Gasteiger partial charge in [0.05, 0.1) is 11.4 Å². The Bertz CT molecular complexity index is 901. The standard InChI is InChI=1S/C20H21N5O2/c1-3-16-4-10-19(11-5-16)27-12-20(26)24-23-15(2)17-6-8-18(9-7-17)25-14-21-13-22-25/h4-11,13-14H,3,12H2,1-2H3,(H,24,26)/b23-15+. The maximum atomic E-state index is 11.9. The molecule has 0 bridgehead atoms. The molecule has 0 spiro atoms. The molecule has 0 atom stereocenters. The molecule has 7 nitrogen and oxygen atoms in total. The van der Waals surface area contributed by atoms with Crippen LogP contribution in [-0.4, -0.2) is 33.0 Å². The van der Waals surface area contributed by atoms with Gasteiger partial charge in [-0.2, -0.15) is 10.2 Å². The van der Waals surface area contributed by atoms with Gasteiger partial charge >= 0.3 is 0 Å². The summed E-state index contributed by atoms with van der Waals surface area (Å²) in [4.78, 5) is 15.8. The number of hydrogen-bond acceptors (Lipinski definition) is 5. The lowest BCUT2D eigenvalue weighted by molar-refractivity contribution is -0.123. The highest BCUT2D eigenvalue weighted by molar-refractivity contribution is 5.99. The quantitative estimate of drug-likeness (QED) is 0.517. The second-order valence-electron chi connectivity index (χ2n) is 5.91. The van der Waals surface area contributed by atoms with Crippen molar-refractivity contribution in [2.75, 3.05) is 6.61 Å². The third-order valence-corrected chi connectivity index (χ3v) is 4.02. The van der Waals surface area contributed by atoms with Gasteiger partial charge in [0.15, 0.2) is 6.61 Å². The first-order chi connectivity index (χ1) is 13.2. The van der Waals surface area contributed by atoms with Crippen molar-refractivity contribution in [3.05, 3.63) is 72.3 Å². The van der Waals surface area contributed by atoms with Gasteiger partial charge in [-0.1, -0.05) is 31.2 Å². The normalized spacial score (nSPS) is 11.3. The summed E-state index contributed by atoms with van der Waals surface area (Å²) in [6, 6.07) is 15.3. The number of benzene rings is 2. The molecule has 0 radical (unpaired) electrons. The topological polar surface area (TPSA) is 81.4 Å². The van der Waals surface area contributed by atoms with Gasteiger partial charge in [-0.15, -0.1) is 0 Å². The Balaban J connectivity index is 1.52. The molecule has 0 aliphatic rings. The van der Waals surface area contributed by atoms with E-state index in [2.05, 4.69) is 27.5 Å². The van der Waals surface area contributed by atoms with Gasteiger partial charge in [0.1, 0.15) is 18.4 Å². The van der Waals surface area contributed by atoms with Crippen LogP contribution in [0.25, 0.3) is 5.69 Å². The fraction of sp³-hybridized carbons (Fsp3) is 0.200. The Labute approximate surface area is 157 Å². The number of amides is 1. The van der Waals surface area contributed by atoms with Crippen LogP contribution < -0.4 is 10.2 Å². The minimum Gasteiger partial charge on any atom is -0.484 e. The number of carbonyl (C=O) groups is 1. The maximum absolute atomic E-state index is 11.9. The van der Waals surface area contributed by atoms with E-state index >= 15 is 0 Å². The second-order valence-corrected chi connectivity index (χ2v) is 5.91. The lowest BCUT2D eigenvalue weighted by Crippen LogP contribution is -2.25. The van der Waals surface area contributed by atoms with Gasteiger partial charge in [0, 0.05) is 0 Å². The van der Waals surface area contributed by atoms with Gasteiger partial charge in [0.2, 0.25) is 0 Å². The van der Waals surface area contributed by atoms with Crippen molar-refractivity contribution < 1.29 is 9.53 Å². The first-order valence-corrected chi connectivity index (χ1v) is 8.66. The number of carbonyl (C=O) groups excluding carboxylic acids is 1. The molecule has 3 aromatic rings. The van der Waals surface area contributed by atoms with Crippen LogP contribution in [0.5, 0.6) is 5.75 Å². The number of aromatic nitrogens is 3. The molecule has 0 unspecified atom stereocenters. The molecule has 0 saturated carbocycles. The number of rotatable bonds is 7. The lowest BCUT2D eigenvalue weighted by Gasteiger charge is -2.07. The Kier molecular flexibility index (Phi) is 5.94. The highest BCUT2D eigenvalue weighted by atomic mass is 16.5. The molecule has 0 fully saturated rings. The van der Waals surface area contributed by atoms with E-state index in [9.17, 15) is 4.79 Å². The average Bonchev–Trinajstić information content (AvgIpc) is 3.26. The van der Waals surface area contributed by atoms with Crippen LogP contribution in [0.2, 0.25) is 0 Å². The zero-order valence-corrected chi connectivity index (χ0v) is 15.3. The number of hydrogen-bond donors (Lipinski definition) is 1. The summed E-state index contributed by atoms with van der Waals surface area (Å²) in [5.41, 5.74) is 6.23. The molecular formula is C20H21N5O2. The molecule has 0 aliphatic carbocycles. The van der Waals surface area contributed by atoms with Crippen molar-refractivity contribution in [2.24, 2.45) is 5.10 Å². The fourth-order valence-electron chi connectivity index (χ4n) is 2.41. The predicted molar refractivity (Wildman–Crippen MR) is 103 cm³/mol. The summed E-state index contributed by atoms with van der Waals surface area (Å²) in [5, 5.41) is 8.21. The van der Waals surface area contributed by atoms with Crippen LogP contribution >= 0.6 is 0 Å². The zero-order valence-electron chi connectivity index (χ0n) is 15.3. The maximum Gasteiger partial charge on any atom is 0.277 e. The van der Waals surface area contributed by atoms with Crippen LogP contribution in [0.3, 0.4) is 0 Å². The summed E-state index contributed by atoms with van der Waals surface area (Å²) in [6.45, 7) is 3.83. The van der Waals surface area contributed by atoms with Crippen LogP contribution in [0.1, 0.15) is 25.0 Å². The minimum absolute atomic E-state index is 0.0898. The second kappa shape index (κ2) is 8.75. The Hall–Kier alpha value is -3.48. The van der Waals surface area contributed by atoms with Gasteiger partial charge in [0.25, 0.3) is 5.91 Å². The summed E-state index contributed by atoms with van der Waals surface area (Å²) in [5.74, 6) is 0.347. The lowest BCUT2D eigenvalue weighted by atomic mass is 10.1.